The number of aromatic nitrogens is 2. The molecule has 5 heteroatoms. The summed E-state index contributed by atoms with van der Waals surface area (Å²) >= 11 is 0. The van der Waals surface area contributed by atoms with Crippen LogP contribution in [0.3, 0.4) is 0 Å². The molecule has 0 saturated heterocycles. The topological polar surface area (TPSA) is 58.2 Å². The van der Waals surface area contributed by atoms with Gasteiger partial charge in [-0.1, -0.05) is 0 Å². The molecule has 84 valence electrons. The summed E-state index contributed by atoms with van der Waals surface area (Å²) in [6, 6.07) is 0. The summed E-state index contributed by atoms with van der Waals surface area (Å²) in [5.74, 6) is -0.0269. The first-order chi connectivity index (χ1) is 7.16. The van der Waals surface area contributed by atoms with Crippen molar-refractivity contribution in [2.75, 3.05) is 26.8 Å². The van der Waals surface area contributed by atoms with E-state index in [-0.39, 0.29) is 5.91 Å². The van der Waals surface area contributed by atoms with E-state index in [0.717, 1.165) is 5.69 Å². The van der Waals surface area contributed by atoms with Gasteiger partial charge >= 0.3 is 0 Å². The van der Waals surface area contributed by atoms with E-state index >= 15 is 0 Å². The molecule has 0 aromatic carbocycles. The standard InChI is InChI=1S/C10H17N3O2/c1-4-15-6-5-13(3)10(14)9-7-11-12-8(9)2/h7H,4-6H2,1-3H3,(H,11,12). The normalized spacial score (nSPS) is 10.3. The molecule has 0 aliphatic rings. The highest BCUT2D eigenvalue weighted by atomic mass is 16.5. The summed E-state index contributed by atoms with van der Waals surface area (Å²) in [6.07, 6.45) is 1.55. The molecule has 0 saturated carbocycles. The number of nitrogens with zero attached hydrogens (tertiary/aromatic N) is 2. The Morgan fingerprint density at radius 1 is 1.67 bits per heavy atom. The Balaban J connectivity index is 2.50. The van der Waals surface area contributed by atoms with Crippen LogP contribution in [0.4, 0.5) is 0 Å². The molecule has 1 rings (SSSR count). The van der Waals surface area contributed by atoms with Gasteiger partial charge in [0.05, 0.1) is 18.4 Å². The lowest BCUT2D eigenvalue weighted by Crippen LogP contribution is -2.30. The minimum absolute atomic E-state index is 0.0269. The van der Waals surface area contributed by atoms with Crippen molar-refractivity contribution in [1.29, 1.82) is 0 Å². The molecular formula is C10H17N3O2. The number of aromatic amines is 1. The van der Waals surface area contributed by atoms with Crippen molar-refractivity contribution in [2.24, 2.45) is 0 Å². The third kappa shape index (κ3) is 3.06. The summed E-state index contributed by atoms with van der Waals surface area (Å²) in [7, 11) is 1.76. The lowest BCUT2D eigenvalue weighted by Gasteiger charge is -2.16. The van der Waals surface area contributed by atoms with Gasteiger partial charge in [0, 0.05) is 25.9 Å². The molecule has 1 heterocycles. The molecule has 1 amide bonds. The summed E-state index contributed by atoms with van der Waals surface area (Å²) in [4.78, 5) is 13.5. The Morgan fingerprint density at radius 2 is 2.40 bits per heavy atom. The zero-order valence-corrected chi connectivity index (χ0v) is 9.41. The SMILES string of the molecule is CCOCCN(C)C(=O)c1cn[nH]c1C. The molecule has 0 atom stereocenters. The van der Waals surface area contributed by atoms with Gasteiger partial charge < -0.3 is 9.64 Å². The number of hydrogen-bond donors (Lipinski definition) is 1. The Kier molecular flexibility index (Phi) is 4.30. The van der Waals surface area contributed by atoms with Crippen LogP contribution in [0.5, 0.6) is 0 Å². The lowest BCUT2D eigenvalue weighted by molar-refractivity contribution is 0.0709. The average molecular weight is 211 g/mol. The van der Waals surface area contributed by atoms with Gasteiger partial charge in [0.2, 0.25) is 0 Å². The first kappa shape index (κ1) is 11.7. The molecule has 0 radical (unpaired) electrons. The summed E-state index contributed by atoms with van der Waals surface area (Å²) in [5.41, 5.74) is 1.41. The Bertz CT molecular complexity index is 322. The van der Waals surface area contributed by atoms with Crippen LogP contribution in [0.2, 0.25) is 0 Å². The molecule has 0 fully saturated rings. The van der Waals surface area contributed by atoms with Gasteiger partial charge in [-0.15, -0.1) is 0 Å². The van der Waals surface area contributed by atoms with Crippen molar-refractivity contribution in [3.8, 4) is 0 Å². The second-order valence-corrected chi connectivity index (χ2v) is 3.33. The van der Waals surface area contributed by atoms with E-state index in [1.807, 2.05) is 13.8 Å². The highest BCUT2D eigenvalue weighted by Crippen LogP contribution is 2.05. The monoisotopic (exact) mass is 211 g/mol. The molecule has 5 nitrogen and oxygen atoms in total. The van der Waals surface area contributed by atoms with Gasteiger partial charge in [-0.3, -0.25) is 9.89 Å². The molecule has 1 aromatic heterocycles. The molecule has 15 heavy (non-hydrogen) atoms. The molecule has 0 aliphatic carbocycles. The predicted molar refractivity (Wildman–Crippen MR) is 56.8 cm³/mol. The lowest BCUT2D eigenvalue weighted by atomic mass is 10.2. The number of rotatable bonds is 5. The third-order valence-corrected chi connectivity index (χ3v) is 2.18. The average Bonchev–Trinajstić information content (AvgIpc) is 2.63. The number of carbonyl (C=O) groups excluding carboxylic acids is 1. The van der Waals surface area contributed by atoms with E-state index in [9.17, 15) is 4.79 Å². The van der Waals surface area contributed by atoms with Crippen molar-refractivity contribution in [1.82, 2.24) is 15.1 Å². The van der Waals surface area contributed by atoms with Crippen LogP contribution in [-0.2, 0) is 4.74 Å². The minimum atomic E-state index is -0.0269. The summed E-state index contributed by atoms with van der Waals surface area (Å²) < 4.78 is 5.18. The molecule has 0 spiro atoms. The maximum absolute atomic E-state index is 11.8. The fourth-order valence-corrected chi connectivity index (χ4v) is 1.22. The smallest absolute Gasteiger partial charge is 0.257 e. The Hall–Kier alpha value is -1.36. The van der Waals surface area contributed by atoms with Gasteiger partial charge in [-0.25, -0.2) is 0 Å². The number of H-pyrrole nitrogens is 1. The molecule has 0 aliphatic heterocycles. The second-order valence-electron chi connectivity index (χ2n) is 3.33. The second kappa shape index (κ2) is 5.50. The molecule has 1 aromatic rings. The maximum atomic E-state index is 11.8. The van der Waals surface area contributed by atoms with Crippen LogP contribution in [0, 0.1) is 6.92 Å². The summed E-state index contributed by atoms with van der Waals surface area (Å²) in [5, 5.41) is 6.56. The van der Waals surface area contributed by atoms with Crippen LogP contribution >= 0.6 is 0 Å². The van der Waals surface area contributed by atoms with Crippen molar-refractivity contribution < 1.29 is 9.53 Å². The van der Waals surface area contributed by atoms with Gasteiger partial charge in [0.1, 0.15) is 0 Å². The van der Waals surface area contributed by atoms with Crippen LogP contribution in [0.15, 0.2) is 6.20 Å². The van der Waals surface area contributed by atoms with E-state index in [1.165, 1.54) is 0 Å². The van der Waals surface area contributed by atoms with Gasteiger partial charge in [-0.2, -0.15) is 5.10 Å². The van der Waals surface area contributed by atoms with E-state index in [1.54, 1.807) is 18.1 Å². The number of amides is 1. The van der Waals surface area contributed by atoms with Crippen LogP contribution in [-0.4, -0.2) is 47.8 Å². The number of hydrogen-bond acceptors (Lipinski definition) is 3. The fraction of sp³-hybridized carbons (Fsp3) is 0.600. The Morgan fingerprint density at radius 3 is 2.93 bits per heavy atom. The number of aryl methyl sites for hydroxylation is 1. The number of likely N-dealkylation sites (N-methyl/N-ethyl adjacent to an activating group) is 1. The number of carbonyl (C=O) groups is 1. The number of ether oxygens (including phenoxy) is 1. The van der Waals surface area contributed by atoms with Crippen LogP contribution in [0.25, 0.3) is 0 Å². The highest BCUT2D eigenvalue weighted by molar-refractivity contribution is 5.94. The van der Waals surface area contributed by atoms with Crippen molar-refractivity contribution in [2.45, 2.75) is 13.8 Å². The Labute approximate surface area is 89.4 Å². The largest absolute Gasteiger partial charge is 0.380 e. The van der Waals surface area contributed by atoms with Crippen molar-refractivity contribution in [3.63, 3.8) is 0 Å². The third-order valence-electron chi connectivity index (χ3n) is 2.18. The zero-order chi connectivity index (χ0) is 11.3. The number of nitrogens with one attached hydrogen (secondary N) is 1. The van der Waals surface area contributed by atoms with Crippen molar-refractivity contribution >= 4 is 5.91 Å². The molecule has 0 unspecified atom stereocenters. The molecular weight excluding hydrogens is 194 g/mol. The van der Waals surface area contributed by atoms with E-state index in [4.69, 9.17) is 4.74 Å². The van der Waals surface area contributed by atoms with Crippen LogP contribution < -0.4 is 0 Å². The van der Waals surface area contributed by atoms with E-state index in [2.05, 4.69) is 10.2 Å². The predicted octanol–water partition coefficient (Wildman–Crippen LogP) is 0.827. The first-order valence-corrected chi connectivity index (χ1v) is 5.00. The van der Waals surface area contributed by atoms with Gasteiger partial charge in [0.15, 0.2) is 0 Å². The van der Waals surface area contributed by atoms with Crippen LogP contribution in [0.1, 0.15) is 23.0 Å². The maximum Gasteiger partial charge on any atom is 0.257 e. The molecule has 1 N–H and O–H groups in total. The minimum Gasteiger partial charge on any atom is -0.380 e. The van der Waals surface area contributed by atoms with Crippen molar-refractivity contribution in [3.05, 3.63) is 17.5 Å². The molecule has 0 bridgehead atoms. The quantitative estimate of drug-likeness (QED) is 0.734. The van der Waals surface area contributed by atoms with E-state index in [0.29, 0.717) is 25.3 Å². The summed E-state index contributed by atoms with van der Waals surface area (Å²) in [6.45, 7) is 5.60. The zero-order valence-electron chi connectivity index (χ0n) is 9.41. The highest BCUT2D eigenvalue weighted by Gasteiger charge is 2.14. The first-order valence-electron chi connectivity index (χ1n) is 5.00. The van der Waals surface area contributed by atoms with Gasteiger partial charge in [0.25, 0.3) is 5.91 Å². The van der Waals surface area contributed by atoms with E-state index < -0.39 is 0 Å². The van der Waals surface area contributed by atoms with Gasteiger partial charge in [-0.05, 0) is 13.8 Å². The fourth-order valence-electron chi connectivity index (χ4n) is 1.22.